The highest BCUT2D eigenvalue weighted by Crippen LogP contribution is 2.31. The Kier molecular flexibility index (Phi) is 4.03. The van der Waals surface area contributed by atoms with Crippen LogP contribution in [0.1, 0.15) is 24.1 Å². The number of anilines is 1. The van der Waals surface area contributed by atoms with E-state index in [4.69, 9.17) is 4.74 Å². The summed E-state index contributed by atoms with van der Waals surface area (Å²) in [5.74, 6) is 0.849. The first-order valence-electron chi connectivity index (χ1n) is 6.43. The highest BCUT2D eigenvalue weighted by Gasteiger charge is 2.11. The number of benzene rings is 2. The molecule has 2 rings (SSSR count). The molecule has 0 fully saturated rings. The van der Waals surface area contributed by atoms with Crippen molar-refractivity contribution >= 4 is 5.69 Å². The van der Waals surface area contributed by atoms with Gasteiger partial charge in [0, 0.05) is 12.1 Å². The molecule has 0 heterocycles. The second-order valence-corrected chi connectivity index (χ2v) is 4.85. The second-order valence-electron chi connectivity index (χ2n) is 4.85. The van der Waals surface area contributed by atoms with Crippen LogP contribution in [0.5, 0.6) is 17.2 Å². The van der Waals surface area contributed by atoms with Gasteiger partial charge in [0.05, 0.1) is 12.8 Å². The molecule has 3 N–H and O–H groups in total. The van der Waals surface area contributed by atoms with Crippen LogP contribution in [0.4, 0.5) is 5.69 Å². The average Bonchev–Trinajstić information content (AvgIpc) is 2.37. The lowest BCUT2D eigenvalue weighted by molar-refractivity contribution is 0.416. The summed E-state index contributed by atoms with van der Waals surface area (Å²) in [7, 11) is 1.63. The van der Waals surface area contributed by atoms with Crippen LogP contribution in [0, 0.1) is 6.92 Å². The summed E-state index contributed by atoms with van der Waals surface area (Å²) in [4.78, 5) is 0. The third kappa shape index (κ3) is 3.15. The van der Waals surface area contributed by atoms with Gasteiger partial charge in [-0.1, -0.05) is 6.07 Å². The van der Waals surface area contributed by atoms with Gasteiger partial charge < -0.3 is 20.3 Å². The number of aryl methyl sites for hydroxylation is 1. The average molecular weight is 273 g/mol. The van der Waals surface area contributed by atoms with Crippen molar-refractivity contribution in [2.45, 2.75) is 19.9 Å². The predicted octanol–water partition coefficient (Wildman–Crippen LogP) is 3.59. The molecule has 0 aliphatic rings. The topological polar surface area (TPSA) is 61.7 Å². The zero-order chi connectivity index (χ0) is 14.7. The molecule has 0 radical (unpaired) electrons. The lowest BCUT2D eigenvalue weighted by atomic mass is 10.1. The van der Waals surface area contributed by atoms with Gasteiger partial charge in [0.1, 0.15) is 17.2 Å². The highest BCUT2D eigenvalue weighted by atomic mass is 16.5. The molecular formula is C16H19NO3. The van der Waals surface area contributed by atoms with Crippen LogP contribution in [0.3, 0.4) is 0 Å². The third-order valence-corrected chi connectivity index (χ3v) is 3.15. The fraction of sp³-hybridized carbons (Fsp3) is 0.250. The number of methoxy groups -OCH3 is 1. The van der Waals surface area contributed by atoms with E-state index in [1.807, 2.05) is 32.0 Å². The Morgan fingerprint density at radius 3 is 2.30 bits per heavy atom. The van der Waals surface area contributed by atoms with Gasteiger partial charge in [-0.2, -0.15) is 0 Å². The lowest BCUT2D eigenvalue weighted by Gasteiger charge is -2.19. The molecule has 0 amide bonds. The molecule has 0 aliphatic carbocycles. The molecular weight excluding hydrogens is 254 g/mol. The monoisotopic (exact) mass is 273 g/mol. The fourth-order valence-electron chi connectivity index (χ4n) is 2.12. The predicted molar refractivity (Wildman–Crippen MR) is 79.5 cm³/mol. The molecule has 4 heteroatoms. The van der Waals surface area contributed by atoms with Crippen molar-refractivity contribution in [3.05, 3.63) is 47.5 Å². The van der Waals surface area contributed by atoms with Gasteiger partial charge in [0.2, 0.25) is 0 Å². The molecule has 0 aromatic heterocycles. The summed E-state index contributed by atoms with van der Waals surface area (Å²) < 4.78 is 5.32. The molecule has 0 aliphatic heterocycles. The molecule has 2 aromatic rings. The summed E-state index contributed by atoms with van der Waals surface area (Å²) in [5, 5.41) is 22.4. The fourth-order valence-corrected chi connectivity index (χ4v) is 2.12. The summed E-state index contributed by atoms with van der Waals surface area (Å²) in [6, 6.07) is 10.4. The zero-order valence-corrected chi connectivity index (χ0v) is 11.8. The maximum absolute atomic E-state index is 9.54. The van der Waals surface area contributed by atoms with Crippen LogP contribution in [-0.4, -0.2) is 17.3 Å². The molecule has 1 atom stereocenters. The van der Waals surface area contributed by atoms with Gasteiger partial charge in [-0.05, 0) is 49.2 Å². The van der Waals surface area contributed by atoms with E-state index in [1.165, 1.54) is 6.07 Å². The molecule has 4 nitrogen and oxygen atoms in total. The first kappa shape index (κ1) is 14.1. The second kappa shape index (κ2) is 5.74. The SMILES string of the molecule is COc1ccc(C)cc1NC(C)c1cc(O)cc(O)c1. The van der Waals surface area contributed by atoms with Crippen molar-refractivity contribution in [3.63, 3.8) is 0 Å². The number of rotatable bonds is 4. The zero-order valence-electron chi connectivity index (χ0n) is 11.8. The maximum Gasteiger partial charge on any atom is 0.141 e. The molecule has 0 spiro atoms. The van der Waals surface area contributed by atoms with E-state index in [-0.39, 0.29) is 17.5 Å². The minimum Gasteiger partial charge on any atom is -0.508 e. The Morgan fingerprint density at radius 2 is 1.70 bits per heavy atom. The van der Waals surface area contributed by atoms with Gasteiger partial charge in [0.25, 0.3) is 0 Å². The minimum atomic E-state index is -0.0799. The lowest BCUT2D eigenvalue weighted by Crippen LogP contribution is -2.07. The number of hydrogen-bond donors (Lipinski definition) is 3. The summed E-state index contributed by atoms with van der Waals surface area (Å²) >= 11 is 0. The molecule has 0 saturated carbocycles. The van der Waals surface area contributed by atoms with Gasteiger partial charge in [-0.3, -0.25) is 0 Å². The number of nitrogens with one attached hydrogen (secondary N) is 1. The Balaban J connectivity index is 2.27. The third-order valence-electron chi connectivity index (χ3n) is 3.15. The Hall–Kier alpha value is -2.36. The first-order chi connectivity index (χ1) is 9.49. The highest BCUT2D eigenvalue weighted by molar-refractivity contribution is 5.59. The van der Waals surface area contributed by atoms with E-state index < -0.39 is 0 Å². The van der Waals surface area contributed by atoms with Crippen LogP contribution in [0.15, 0.2) is 36.4 Å². The molecule has 106 valence electrons. The van der Waals surface area contributed by atoms with Gasteiger partial charge in [-0.15, -0.1) is 0 Å². The van der Waals surface area contributed by atoms with E-state index in [1.54, 1.807) is 19.2 Å². The molecule has 0 saturated heterocycles. The largest absolute Gasteiger partial charge is 0.508 e. The molecule has 0 bridgehead atoms. The van der Waals surface area contributed by atoms with Crippen molar-refractivity contribution in [1.82, 2.24) is 0 Å². The van der Waals surface area contributed by atoms with Crippen molar-refractivity contribution in [2.75, 3.05) is 12.4 Å². The quantitative estimate of drug-likeness (QED) is 0.796. The molecule has 2 aromatic carbocycles. The van der Waals surface area contributed by atoms with Crippen LogP contribution in [0.25, 0.3) is 0 Å². The summed E-state index contributed by atoms with van der Waals surface area (Å²) in [5.41, 5.74) is 2.80. The van der Waals surface area contributed by atoms with E-state index in [9.17, 15) is 10.2 Å². The standard InChI is InChI=1S/C16H19NO3/c1-10-4-5-16(20-3)15(6-10)17-11(2)12-7-13(18)9-14(19)8-12/h4-9,11,17-19H,1-3H3. The smallest absolute Gasteiger partial charge is 0.141 e. The van der Waals surface area contributed by atoms with Crippen LogP contribution in [0.2, 0.25) is 0 Å². The number of phenolic OH excluding ortho intramolecular Hbond substituents is 2. The van der Waals surface area contributed by atoms with Crippen LogP contribution < -0.4 is 10.1 Å². The van der Waals surface area contributed by atoms with Gasteiger partial charge in [-0.25, -0.2) is 0 Å². The Morgan fingerprint density at radius 1 is 1.05 bits per heavy atom. The Bertz CT molecular complexity index is 590. The van der Waals surface area contributed by atoms with E-state index >= 15 is 0 Å². The summed E-state index contributed by atoms with van der Waals surface area (Å²) in [6.07, 6.45) is 0. The van der Waals surface area contributed by atoms with Crippen molar-refractivity contribution in [3.8, 4) is 17.2 Å². The summed E-state index contributed by atoms with van der Waals surface area (Å²) in [6.45, 7) is 3.96. The number of phenols is 2. The molecule has 20 heavy (non-hydrogen) atoms. The van der Waals surface area contributed by atoms with Gasteiger partial charge in [0.15, 0.2) is 0 Å². The normalized spacial score (nSPS) is 11.9. The number of aromatic hydroxyl groups is 2. The van der Waals surface area contributed by atoms with Crippen molar-refractivity contribution < 1.29 is 14.9 Å². The van der Waals surface area contributed by atoms with Crippen LogP contribution in [-0.2, 0) is 0 Å². The van der Waals surface area contributed by atoms with Crippen LogP contribution >= 0.6 is 0 Å². The minimum absolute atomic E-state index is 0.0462. The van der Waals surface area contributed by atoms with Gasteiger partial charge >= 0.3 is 0 Å². The van der Waals surface area contributed by atoms with Crippen molar-refractivity contribution in [2.24, 2.45) is 0 Å². The Labute approximate surface area is 118 Å². The molecule has 1 unspecified atom stereocenters. The maximum atomic E-state index is 9.54. The number of hydrogen-bond acceptors (Lipinski definition) is 4. The van der Waals surface area contributed by atoms with E-state index in [2.05, 4.69) is 5.32 Å². The van der Waals surface area contributed by atoms with E-state index in [0.717, 1.165) is 22.6 Å². The van der Waals surface area contributed by atoms with Crippen molar-refractivity contribution in [1.29, 1.82) is 0 Å². The number of ether oxygens (including phenoxy) is 1. The van der Waals surface area contributed by atoms with E-state index in [0.29, 0.717) is 0 Å². The first-order valence-corrected chi connectivity index (χ1v) is 6.43.